The molecule has 34 heavy (non-hydrogen) atoms. The maximum absolute atomic E-state index is 13.5. The lowest BCUT2D eigenvalue weighted by Crippen LogP contribution is -2.52. The summed E-state index contributed by atoms with van der Waals surface area (Å²) in [7, 11) is -2.28. The molecule has 186 valence electrons. The first-order chi connectivity index (χ1) is 16.0. The fraction of sp³-hybridized carbons (Fsp3) is 0.417. The molecule has 0 heterocycles. The van der Waals surface area contributed by atoms with Crippen LogP contribution in [-0.2, 0) is 26.2 Å². The Morgan fingerprint density at radius 3 is 2.24 bits per heavy atom. The fourth-order valence-electron chi connectivity index (χ4n) is 3.22. The van der Waals surface area contributed by atoms with Gasteiger partial charge in [0.2, 0.25) is 21.8 Å². The van der Waals surface area contributed by atoms with Gasteiger partial charge in [0, 0.05) is 12.6 Å². The summed E-state index contributed by atoms with van der Waals surface area (Å²) in [6, 6.07) is 12.6. The van der Waals surface area contributed by atoms with Crippen molar-refractivity contribution in [3.8, 4) is 5.75 Å². The van der Waals surface area contributed by atoms with Crippen LogP contribution in [0.5, 0.6) is 5.75 Å². The lowest BCUT2D eigenvalue weighted by Gasteiger charge is -2.32. The molecule has 2 aromatic rings. The van der Waals surface area contributed by atoms with Gasteiger partial charge in [-0.3, -0.25) is 13.9 Å². The third-order valence-corrected chi connectivity index (χ3v) is 6.93. The van der Waals surface area contributed by atoms with Gasteiger partial charge in [-0.15, -0.1) is 0 Å². The number of carbonyl (C=O) groups excluding carboxylic acids is 2. The SMILES string of the molecule is CC[C@@H](C)NC(=O)[C@H](C)N(Cc1ccc(OC)cc1)C(=O)CN(c1ccccc1Cl)S(C)(=O)=O. The molecule has 0 unspecified atom stereocenters. The van der Waals surface area contributed by atoms with Crippen molar-refractivity contribution in [2.75, 3.05) is 24.2 Å². The molecule has 0 aromatic heterocycles. The second-order valence-corrected chi connectivity index (χ2v) is 10.4. The maximum atomic E-state index is 13.5. The molecule has 0 radical (unpaired) electrons. The van der Waals surface area contributed by atoms with Gasteiger partial charge in [0.1, 0.15) is 18.3 Å². The molecule has 2 aromatic carbocycles. The van der Waals surface area contributed by atoms with E-state index in [1.54, 1.807) is 56.5 Å². The topological polar surface area (TPSA) is 96.0 Å². The molecule has 0 saturated heterocycles. The van der Waals surface area contributed by atoms with Crippen LogP contribution in [0.3, 0.4) is 0 Å². The molecular formula is C24H32ClN3O5S. The third-order valence-electron chi connectivity index (χ3n) is 5.48. The summed E-state index contributed by atoms with van der Waals surface area (Å²) in [4.78, 5) is 27.7. The minimum atomic E-state index is -3.84. The van der Waals surface area contributed by atoms with Gasteiger partial charge in [-0.1, -0.05) is 42.8 Å². The quantitative estimate of drug-likeness (QED) is 0.500. The molecule has 2 rings (SSSR count). The number of nitrogens with zero attached hydrogens (tertiary/aromatic N) is 2. The third kappa shape index (κ3) is 7.36. The number of halogens is 1. The molecule has 0 saturated carbocycles. The molecule has 10 heteroatoms. The number of amides is 2. The second-order valence-electron chi connectivity index (χ2n) is 8.08. The normalized spacial score (nSPS) is 13.0. The zero-order valence-electron chi connectivity index (χ0n) is 20.1. The zero-order valence-corrected chi connectivity index (χ0v) is 21.7. The van der Waals surface area contributed by atoms with E-state index >= 15 is 0 Å². The van der Waals surface area contributed by atoms with Crippen LogP contribution in [0.15, 0.2) is 48.5 Å². The molecule has 1 N–H and O–H groups in total. The number of nitrogens with one attached hydrogen (secondary N) is 1. The lowest BCUT2D eigenvalue weighted by molar-refractivity contribution is -0.139. The minimum Gasteiger partial charge on any atom is -0.497 e. The van der Waals surface area contributed by atoms with Crippen molar-refractivity contribution in [1.29, 1.82) is 0 Å². The molecular weight excluding hydrogens is 478 g/mol. The Morgan fingerprint density at radius 1 is 1.09 bits per heavy atom. The van der Waals surface area contributed by atoms with Crippen LogP contribution in [0.1, 0.15) is 32.8 Å². The Labute approximate surface area is 206 Å². The van der Waals surface area contributed by atoms with Crippen LogP contribution >= 0.6 is 11.6 Å². The summed E-state index contributed by atoms with van der Waals surface area (Å²) >= 11 is 6.23. The van der Waals surface area contributed by atoms with Gasteiger partial charge < -0.3 is 15.0 Å². The summed E-state index contributed by atoms with van der Waals surface area (Å²) in [6.07, 6.45) is 1.75. The van der Waals surface area contributed by atoms with Gasteiger partial charge in [-0.25, -0.2) is 8.42 Å². The van der Waals surface area contributed by atoms with E-state index < -0.39 is 28.5 Å². The molecule has 0 aliphatic heterocycles. The van der Waals surface area contributed by atoms with E-state index in [0.717, 1.165) is 22.5 Å². The number of benzene rings is 2. The monoisotopic (exact) mass is 509 g/mol. The fourth-order valence-corrected chi connectivity index (χ4v) is 4.37. The molecule has 0 fully saturated rings. The smallest absolute Gasteiger partial charge is 0.244 e. The average molecular weight is 510 g/mol. The van der Waals surface area contributed by atoms with E-state index in [4.69, 9.17) is 16.3 Å². The van der Waals surface area contributed by atoms with Crippen molar-refractivity contribution in [2.45, 2.75) is 45.8 Å². The zero-order chi connectivity index (χ0) is 25.5. The van der Waals surface area contributed by atoms with Gasteiger partial charge in [0.05, 0.1) is 24.1 Å². The van der Waals surface area contributed by atoms with Crippen LogP contribution in [0.2, 0.25) is 5.02 Å². The van der Waals surface area contributed by atoms with Gasteiger partial charge in [-0.05, 0) is 50.1 Å². The highest BCUT2D eigenvalue weighted by Gasteiger charge is 2.31. The molecule has 2 atom stereocenters. The molecule has 2 amide bonds. The number of hydrogen-bond acceptors (Lipinski definition) is 5. The Morgan fingerprint density at radius 2 is 1.71 bits per heavy atom. The van der Waals surface area contributed by atoms with Gasteiger partial charge in [-0.2, -0.15) is 0 Å². The largest absolute Gasteiger partial charge is 0.497 e. The van der Waals surface area contributed by atoms with Crippen LogP contribution in [0.25, 0.3) is 0 Å². The lowest BCUT2D eigenvalue weighted by atomic mass is 10.1. The van der Waals surface area contributed by atoms with Crippen molar-refractivity contribution in [2.24, 2.45) is 0 Å². The van der Waals surface area contributed by atoms with Crippen molar-refractivity contribution >= 4 is 39.1 Å². The molecule has 0 aliphatic rings. The number of methoxy groups -OCH3 is 1. The summed E-state index contributed by atoms with van der Waals surface area (Å²) < 4.78 is 31.3. The van der Waals surface area contributed by atoms with Gasteiger partial charge in [0.25, 0.3) is 0 Å². The van der Waals surface area contributed by atoms with E-state index in [-0.39, 0.29) is 29.2 Å². The molecule has 0 aliphatic carbocycles. The van der Waals surface area contributed by atoms with Crippen LogP contribution in [-0.4, -0.2) is 57.1 Å². The molecule has 0 spiro atoms. The Bertz CT molecular complexity index is 1090. The predicted octanol–water partition coefficient (Wildman–Crippen LogP) is 3.45. The average Bonchev–Trinajstić information content (AvgIpc) is 2.80. The van der Waals surface area contributed by atoms with Crippen molar-refractivity contribution in [3.63, 3.8) is 0 Å². The number of para-hydroxylation sites is 1. The molecule has 8 nitrogen and oxygen atoms in total. The number of carbonyl (C=O) groups is 2. The number of ether oxygens (including phenoxy) is 1. The highest BCUT2D eigenvalue weighted by Crippen LogP contribution is 2.27. The number of anilines is 1. The number of sulfonamides is 1. The standard InChI is InChI=1S/C24H32ClN3O5S/c1-6-17(2)26-24(30)18(3)27(15-19-11-13-20(33-4)14-12-19)23(29)16-28(34(5,31)32)22-10-8-7-9-21(22)25/h7-14,17-18H,6,15-16H2,1-5H3,(H,26,30)/t17-,18+/m1/s1. The van der Waals surface area contributed by atoms with E-state index in [0.29, 0.717) is 5.75 Å². The second kappa shape index (κ2) is 12.1. The van der Waals surface area contributed by atoms with Crippen molar-refractivity contribution in [1.82, 2.24) is 10.2 Å². The van der Waals surface area contributed by atoms with E-state index in [1.807, 2.05) is 13.8 Å². The number of hydrogen-bond donors (Lipinski definition) is 1. The van der Waals surface area contributed by atoms with Gasteiger partial charge in [0.15, 0.2) is 0 Å². The summed E-state index contributed by atoms with van der Waals surface area (Å²) in [5, 5.41) is 3.09. The Kier molecular flexibility index (Phi) is 9.76. The predicted molar refractivity (Wildman–Crippen MR) is 135 cm³/mol. The first kappa shape index (κ1) is 27.5. The Hall–Kier alpha value is -2.78. The van der Waals surface area contributed by atoms with Crippen molar-refractivity contribution < 1.29 is 22.7 Å². The van der Waals surface area contributed by atoms with Crippen LogP contribution in [0, 0.1) is 0 Å². The summed E-state index contributed by atoms with van der Waals surface area (Å²) in [5.41, 5.74) is 0.960. The van der Waals surface area contributed by atoms with Crippen molar-refractivity contribution in [3.05, 3.63) is 59.1 Å². The highest BCUT2D eigenvalue weighted by molar-refractivity contribution is 7.92. The molecule has 0 bridgehead atoms. The first-order valence-corrected chi connectivity index (χ1v) is 13.2. The van der Waals surface area contributed by atoms with Crippen LogP contribution < -0.4 is 14.4 Å². The maximum Gasteiger partial charge on any atom is 0.244 e. The summed E-state index contributed by atoms with van der Waals surface area (Å²) in [6.45, 7) is 5.06. The van der Waals surface area contributed by atoms with E-state index in [9.17, 15) is 18.0 Å². The van der Waals surface area contributed by atoms with E-state index in [2.05, 4.69) is 5.32 Å². The van der Waals surface area contributed by atoms with Crippen LogP contribution in [0.4, 0.5) is 5.69 Å². The van der Waals surface area contributed by atoms with Gasteiger partial charge >= 0.3 is 0 Å². The number of rotatable bonds is 11. The first-order valence-electron chi connectivity index (χ1n) is 10.9. The van der Waals surface area contributed by atoms with E-state index in [1.165, 1.54) is 11.0 Å². The minimum absolute atomic E-state index is 0.0662. The Balaban J connectivity index is 2.39. The summed E-state index contributed by atoms with van der Waals surface area (Å²) in [5.74, 6) is -0.195. The highest BCUT2D eigenvalue weighted by atomic mass is 35.5.